The number of nitrogens with zero attached hydrogens (tertiary/aromatic N) is 2. The van der Waals surface area contributed by atoms with Gasteiger partial charge in [-0.3, -0.25) is 4.79 Å². The number of halogens is 2. The lowest BCUT2D eigenvalue weighted by molar-refractivity contribution is -0.120. The van der Waals surface area contributed by atoms with Gasteiger partial charge in [-0.2, -0.15) is 0 Å². The van der Waals surface area contributed by atoms with E-state index in [1.54, 1.807) is 7.11 Å². The minimum Gasteiger partial charge on any atom is -0.383 e. The van der Waals surface area contributed by atoms with Gasteiger partial charge in [0, 0.05) is 39.1 Å². The van der Waals surface area contributed by atoms with Crippen molar-refractivity contribution < 1.29 is 9.53 Å². The van der Waals surface area contributed by atoms with Crippen LogP contribution in [0.25, 0.3) is 5.65 Å². The number of hydrogen-bond acceptors (Lipinski definition) is 4. The van der Waals surface area contributed by atoms with Gasteiger partial charge in [0.05, 0.1) is 18.7 Å². The van der Waals surface area contributed by atoms with E-state index in [4.69, 9.17) is 4.74 Å². The van der Waals surface area contributed by atoms with Crippen LogP contribution in [0.4, 0.5) is 0 Å². The molecule has 0 bridgehead atoms. The van der Waals surface area contributed by atoms with Crippen LogP contribution in [0.5, 0.6) is 0 Å². The van der Waals surface area contributed by atoms with E-state index in [2.05, 4.69) is 15.6 Å². The van der Waals surface area contributed by atoms with Crippen LogP contribution in [0.1, 0.15) is 5.69 Å². The predicted octanol–water partition coefficient (Wildman–Crippen LogP) is 1.07. The number of ether oxygens (including phenoxy) is 1. The molecule has 2 N–H and O–H groups in total. The minimum atomic E-state index is -0.0121. The SMILES string of the molecule is COCCNCCNC(=O)Cc1cn2ccccc2n1.Cl.Cl. The highest BCUT2D eigenvalue weighted by molar-refractivity contribution is 5.85. The number of imidazole rings is 1. The molecule has 0 radical (unpaired) electrons. The second-order valence-corrected chi connectivity index (χ2v) is 4.47. The van der Waals surface area contributed by atoms with Gasteiger partial charge in [0.2, 0.25) is 5.91 Å². The molecular weight excluding hydrogens is 327 g/mol. The average Bonchev–Trinajstić information content (AvgIpc) is 2.84. The monoisotopic (exact) mass is 348 g/mol. The fraction of sp³-hybridized carbons (Fsp3) is 0.429. The van der Waals surface area contributed by atoms with Crippen molar-refractivity contribution in [2.45, 2.75) is 6.42 Å². The second kappa shape index (κ2) is 11.3. The summed E-state index contributed by atoms with van der Waals surface area (Å²) in [6, 6.07) is 5.78. The van der Waals surface area contributed by atoms with Gasteiger partial charge in [0.1, 0.15) is 5.65 Å². The second-order valence-electron chi connectivity index (χ2n) is 4.47. The van der Waals surface area contributed by atoms with Crippen molar-refractivity contribution in [3.8, 4) is 0 Å². The van der Waals surface area contributed by atoms with Crippen LogP contribution in [0.3, 0.4) is 0 Å². The average molecular weight is 349 g/mol. The zero-order valence-electron chi connectivity index (χ0n) is 12.4. The van der Waals surface area contributed by atoms with Gasteiger partial charge >= 0.3 is 0 Å². The summed E-state index contributed by atoms with van der Waals surface area (Å²) in [6.07, 6.45) is 4.11. The maximum absolute atomic E-state index is 11.8. The largest absolute Gasteiger partial charge is 0.383 e. The van der Waals surface area contributed by atoms with Crippen LogP contribution >= 0.6 is 24.8 Å². The Morgan fingerprint density at radius 3 is 2.82 bits per heavy atom. The molecular formula is C14H22Cl2N4O2. The first kappa shape index (κ1) is 20.7. The summed E-state index contributed by atoms with van der Waals surface area (Å²) in [5.74, 6) is -0.0121. The van der Waals surface area contributed by atoms with Gasteiger partial charge in [-0.05, 0) is 12.1 Å². The first-order valence-electron chi connectivity index (χ1n) is 6.68. The van der Waals surface area contributed by atoms with Gasteiger partial charge in [0.25, 0.3) is 0 Å². The molecule has 0 fully saturated rings. The first-order chi connectivity index (χ1) is 9.79. The van der Waals surface area contributed by atoms with Gasteiger partial charge in [-0.15, -0.1) is 24.8 Å². The van der Waals surface area contributed by atoms with Crippen molar-refractivity contribution in [2.75, 3.05) is 33.4 Å². The van der Waals surface area contributed by atoms with Crippen LogP contribution in [0, 0.1) is 0 Å². The number of amides is 1. The number of methoxy groups -OCH3 is 1. The molecule has 0 atom stereocenters. The molecule has 6 nitrogen and oxygen atoms in total. The first-order valence-corrected chi connectivity index (χ1v) is 6.68. The van der Waals surface area contributed by atoms with Crippen LogP contribution in [-0.4, -0.2) is 48.6 Å². The highest BCUT2D eigenvalue weighted by Crippen LogP contribution is 2.04. The van der Waals surface area contributed by atoms with Crippen molar-refractivity contribution >= 4 is 36.4 Å². The summed E-state index contributed by atoms with van der Waals surface area (Å²) in [5.41, 5.74) is 1.64. The lowest BCUT2D eigenvalue weighted by Crippen LogP contribution is -2.33. The van der Waals surface area contributed by atoms with Gasteiger partial charge in [-0.1, -0.05) is 6.07 Å². The quantitative estimate of drug-likeness (QED) is 0.700. The number of carbonyl (C=O) groups excluding carboxylic acids is 1. The molecule has 1 amide bonds. The normalized spacial score (nSPS) is 9.86. The Morgan fingerprint density at radius 1 is 1.27 bits per heavy atom. The van der Waals surface area contributed by atoms with E-state index >= 15 is 0 Å². The van der Waals surface area contributed by atoms with E-state index in [9.17, 15) is 4.79 Å². The Hall–Kier alpha value is -1.34. The van der Waals surface area contributed by atoms with Gasteiger partial charge in [0.15, 0.2) is 0 Å². The number of hydrogen-bond donors (Lipinski definition) is 2. The topological polar surface area (TPSA) is 67.7 Å². The van der Waals surface area contributed by atoms with E-state index in [1.165, 1.54) is 0 Å². The van der Waals surface area contributed by atoms with E-state index < -0.39 is 0 Å². The summed E-state index contributed by atoms with van der Waals surface area (Å²) in [5, 5.41) is 6.03. The molecule has 0 aromatic carbocycles. The predicted molar refractivity (Wildman–Crippen MR) is 91.1 cm³/mol. The number of fused-ring (bicyclic) bond motifs is 1. The van der Waals surface area contributed by atoms with E-state index in [-0.39, 0.29) is 30.7 Å². The third-order valence-electron chi connectivity index (χ3n) is 2.86. The van der Waals surface area contributed by atoms with Gasteiger partial charge < -0.3 is 19.8 Å². The molecule has 2 aromatic heterocycles. The number of carbonyl (C=O) groups is 1. The van der Waals surface area contributed by atoms with Crippen molar-refractivity contribution in [1.82, 2.24) is 20.0 Å². The minimum absolute atomic E-state index is 0. The summed E-state index contributed by atoms with van der Waals surface area (Å²) in [4.78, 5) is 16.2. The Balaban J connectivity index is 0.00000220. The van der Waals surface area contributed by atoms with Gasteiger partial charge in [-0.25, -0.2) is 4.98 Å². The molecule has 0 saturated carbocycles. The maximum Gasteiger partial charge on any atom is 0.226 e. The Bertz CT molecular complexity index is 530. The zero-order chi connectivity index (χ0) is 14.2. The van der Waals surface area contributed by atoms with Crippen molar-refractivity contribution in [3.05, 3.63) is 36.3 Å². The summed E-state index contributed by atoms with van der Waals surface area (Å²) in [6.45, 7) is 2.81. The third kappa shape index (κ3) is 6.62. The smallest absolute Gasteiger partial charge is 0.226 e. The molecule has 22 heavy (non-hydrogen) atoms. The van der Waals surface area contributed by atoms with E-state index in [1.807, 2.05) is 35.0 Å². The lowest BCUT2D eigenvalue weighted by atomic mass is 10.3. The zero-order valence-corrected chi connectivity index (χ0v) is 14.1. The fourth-order valence-corrected chi connectivity index (χ4v) is 1.89. The standard InChI is InChI=1S/C14H20N4O2.2ClH/c1-20-9-7-15-5-6-16-14(19)10-12-11-18-8-3-2-4-13(18)17-12;;/h2-4,8,11,15H,5-7,9-10H2,1H3,(H,16,19);2*1H. The number of pyridine rings is 1. The molecule has 0 aliphatic rings. The fourth-order valence-electron chi connectivity index (χ4n) is 1.89. The van der Waals surface area contributed by atoms with Crippen LogP contribution in [-0.2, 0) is 16.0 Å². The van der Waals surface area contributed by atoms with Crippen LogP contribution in [0.15, 0.2) is 30.6 Å². The van der Waals surface area contributed by atoms with Crippen molar-refractivity contribution in [1.29, 1.82) is 0 Å². The lowest BCUT2D eigenvalue weighted by Gasteiger charge is -2.05. The molecule has 2 aromatic rings. The molecule has 0 unspecified atom stereocenters. The summed E-state index contributed by atoms with van der Waals surface area (Å²) in [7, 11) is 1.66. The highest BCUT2D eigenvalue weighted by Gasteiger charge is 2.06. The maximum atomic E-state index is 11.8. The van der Waals surface area contributed by atoms with Crippen molar-refractivity contribution in [3.63, 3.8) is 0 Å². The molecule has 2 heterocycles. The number of nitrogens with one attached hydrogen (secondary N) is 2. The van der Waals surface area contributed by atoms with E-state index in [0.29, 0.717) is 19.6 Å². The molecule has 124 valence electrons. The molecule has 2 rings (SSSR count). The highest BCUT2D eigenvalue weighted by atomic mass is 35.5. The van der Waals surface area contributed by atoms with Crippen LogP contribution in [0.2, 0.25) is 0 Å². The summed E-state index contributed by atoms with van der Waals surface area (Å²) >= 11 is 0. The Labute approximate surface area is 142 Å². The molecule has 0 saturated heterocycles. The van der Waals surface area contributed by atoms with Crippen molar-refractivity contribution in [2.24, 2.45) is 0 Å². The molecule has 0 aliphatic heterocycles. The Morgan fingerprint density at radius 2 is 2.09 bits per heavy atom. The molecule has 0 spiro atoms. The molecule has 8 heteroatoms. The summed E-state index contributed by atoms with van der Waals surface area (Å²) < 4.78 is 6.83. The Kier molecular flexibility index (Phi) is 10.6. The number of rotatable bonds is 8. The number of aromatic nitrogens is 2. The van der Waals surface area contributed by atoms with Crippen LogP contribution < -0.4 is 10.6 Å². The van der Waals surface area contributed by atoms with E-state index in [0.717, 1.165) is 24.4 Å². The third-order valence-corrected chi connectivity index (χ3v) is 2.86. The molecule has 0 aliphatic carbocycles.